The number of benzene rings is 3. The van der Waals surface area contributed by atoms with Crippen LogP contribution in [-0.2, 0) is 0 Å². The number of carbonyl (C=O) groups is 2. The molecule has 0 saturated heterocycles. The third-order valence-electron chi connectivity index (χ3n) is 4.23. The molecular formula is C23H22N2O3. The van der Waals surface area contributed by atoms with Gasteiger partial charge in [0, 0.05) is 22.5 Å². The number of hydrogen-bond donors (Lipinski definition) is 2. The minimum atomic E-state index is -0.241. The fourth-order valence-corrected chi connectivity index (χ4v) is 2.69. The molecule has 2 amide bonds. The van der Waals surface area contributed by atoms with Crippen LogP contribution in [0.2, 0.25) is 0 Å². The van der Waals surface area contributed by atoms with Gasteiger partial charge in [-0.1, -0.05) is 18.2 Å². The molecule has 0 aliphatic rings. The Bertz CT molecular complexity index is 964. The summed E-state index contributed by atoms with van der Waals surface area (Å²) in [6, 6.07) is 21.3. The first-order chi connectivity index (χ1) is 13.6. The molecule has 0 unspecified atom stereocenters. The Kier molecular flexibility index (Phi) is 6.07. The molecule has 3 aromatic rings. The average Bonchev–Trinajstić information content (AvgIpc) is 2.71. The number of hydrogen-bond acceptors (Lipinski definition) is 3. The Balaban J connectivity index is 1.63. The van der Waals surface area contributed by atoms with Crippen molar-refractivity contribution in [1.29, 1.82) is 0 Å². The first kappa shape index (κ1) is 19.2. The molecule has 0 atom stereocenters. The van der Waals surface area contributed by atoms with Gasteiger partial charge in [0.2, 0.25) is 0 Å². The largest absolute Gasteiger partial charge is 0.494 e. The molecule has 5 heteroatoms. The molecule has 28 heavy (non-hydrogen) atoms. The van der Waals surface area contributed by atoms with Gasteiger partial charge in [0.15, 0.2) is 0 Å². The van der Waals surface area contributed by atoms with Crippen LogP contribution in [-0.4, -0.2) is 18.4 Å². The van der Waals surface area contributed by atoms with Gasteiger partial charge in [-0.25, -0.2) is 0 Å². The second-order valence-electron chi connectivity index (χ2n) is 6.26. The smallest absolute Gasteiger partial charge is 0.255 e. The van der Waals surface area contributed by atoms with Gasteiger partial charge in [-0.05, 0) is 74.0 Å². The first-order valence-corrected chi connectivity index (χ1v) is 9.08. The summed E-state index contributed by atoms with van der Waals surface area (Å²) in [5.41, 5.74) is 3.39. The Labute approximate surface area is 164 Å². The second kappa shape index (κ2) is 8.86. The number of nitrogens with one attached hydrogen (secondary N) is 2. The zero-order valence-electron chi connectivity index (χ0n) is 15.9. The van der Waals surface area contributed by atoms with Crippen LogP contribution in [0.3, 0.4) is 0 Å². The lowest BCUT2D eigenvalue weighted by molar-refractivity contribution is 0.101. The van der Waals surface area contributed by atoms with Crippen LogP contribution < -0.4 is 15.4 Å². The normalized spacial score (nSPS) is 10.2. The lowest BCUT2D eigenvalue weighted by atomic mass is 10.1. The number of anilines is 2. The maximum atomic E-state index is 12.4. The first-order valence-electron chi connectivity index (χ1n) is 9.08. The Morgan fingerprint density at radius 3 is 1.93 bits per heavy atom. The lowest BCUT2D eigenvalue weighted by Gasteiger charge is -2.09. The van der Waals surface area contributed by atoms with Crippen molar-refractivity contribution < 1.29 is 14.3 Å². The quantitative estimate of drug-likeness (QED) is 0.645. The van der Waals surface area contributed by atoms with Gasteiger partial charge < -0.3 is 15.4 Å². The van der Waals surface area contributed by atoms with Gasteiger partial charge in [0.05, 0.1) is 6.61 Å². The minimum absolute atomic E-state index is 0.215. The zero-order chi connectivity index (χ0) is 19.9. The highest BCUT2D eigenvalue weighted by Gasteiger charge is 2.10. The van der Waals surface area contributed by atoms with E-state index < -0.39 is 0 Å². The zero-order valence-corrected chi connectivity index (χ0v) is 15.9. The lowest BCUT2D eigenvalue weighted by Crippen LogP contribution is -2.14. The van der Waals surface area contributed by atoms with Crippen LogP contribution in [0.25, 0.3) is 0 Å². The molecule has 3 rings (SSSR count). The van der Waals surface area contributed by atoms with Crippen molar-refractivity contribution in [2.75, 3.05) is 17.2 Å². The Hall–Kier alpha value is -3.60. The molecule has 0 aliphatic carbocycles. The van der Waals surface area contributed by atoms with E-state index in [2.05, 4.69) is 10.6 Å². The van der Waals surface area contributed by atoms with Crippen molar-refractivity contribution in [2.24, 2.45) is 0 Å². The average molecular weight is 374 g/mol. The third-order valence-corrected chi connectivity index (χ3v) is 4.23. The number of ether oxygens (including phenoxy) is 1. The van der Waals surface area contributed by atoms with Gasteiger partial charge >= 0.3 is 0 Å². The molecule has 3 aromatic carbocycles. The number of carbonyl (C=O) groups excluding carboxylic acids is 2. The van der Waals surface area contributed by atoms with Crippen molar-refractivity contribution in [2.45, 2.75) is 13.8 Å². The van der Waals surface area contributed by atoms with E-state index >= 15 is 0 Å². The van der Waals surface area contributed by atoms with Crippen molar-refractivity contribution in [1.82, 2.24) is 0 Å². The summed E-state index contributed by atoms with van der Waals surface area (Å²) in [5, 5.41) is 5.71. The van der Waals surface area contributed by atoms with Crippen molar-refractivity contribution in [3.8, 4) is 5.75 Å². The van der Waals surface area contributed by atoms with Crippen molar-refractivity contribution in [3.05, 3.63) is 89.5 Å². The molecule has 0 heterocycles. The standard InChI is InChI=1S/C23H22N2O3/c1-3-28-20-14-12-19(13-15-20)24-22(26)17-8-10-18(11-9-17)23(27)25-21-7-5-4-6-16(21)2/h4-15H,3H2,1-2H3,(H,24,26)(H,25,27). The van der Waals surface area contributed by atoms with E-state index in [9.17, 15) is 9.59 Å². The van der Waals surface area contributed by atoms with Crippen LogP contribution in [0.4, 0.5) is 11.4 Å². The van der Waals surface area contributed by atoms with Crippen molar-refractivity contribution in [3.63, 3.8) is 0 Å². The van der Waals surface area contributed by atoms with Crippen LogP contribution in [0.1, 0.15) is 33.2 Å². The van der Waals surface area contributed by atoms with E-state index in [0.29, 0.717) is 23.4 Å². The SMILES string of the molecule is CCOc1ccc(NC(=O)c2ccc(C(=O)Nc3ccccc3C)cc2)cc1. The minimum Gasteiger partial charge on any atom is -0.494 e. The summed E-state index contributed by atoms with van der Waals surface area (Å²) >= 11 is 0. The van der Waals surface area contributed by atoms with Gasteiger partial charge in [0.25, 0.3) is 11.8 Å². The highest BCUT2D eigenvalue weighted by atomic mass is 16.5. The number of aryl methyl sites for hydroxylation is 1. The molecule has 0 aromatic heterocycles. The topological polar surface area (TPSA) is 67.4 Å². The van der Waals surface area contributed by atoms with Crippen LogP contribution in [0, 0.1) is 6.92 Å². The monoisotopic (exact) mass is 374 g/mol. The molecule has 0 spiro atoms. The molecule has 5 nitrogen and oxygen atoms in total. The molecule has 0 fully saturated rings. The summed E-state index contributed by atoms with van der Waals surface area (Å²) in [4.78, 5) is 24.8. The van der Waals surface area contributed by atoms with E-state index in [1.807, 2.05) is 38.1 Å². The van der Waals surface area contributed by atoms with Gasteiger partial charge in [-0.15, -0.1) is 0 Å². The predicted molar refractivity (Wildman–Crippen MR) is 111 cm³/mol. The molecule has 0 bridgehead atoms. The highest BCUT2D eigenvalue weighted by molar-refractivity contribution is 6.07. The summed E-state index contributed by atoms with van der Waals surface area (Å²) in [7, 11) is 0. The van der Waals surface area contributed by atoms with Gasteiger partial charge in [-0.2, -0.15) is 0 Å². The van der Waals surface area contributed by atoms with E-state index in [0.717, 1.165) is 17.0 Å². The second-order valence-corrected chi connectivity index (χ2v) is 6.26. The van der Waals surface area contributed by atoms with Crippen LogP contribution in [0.5, 0.6) is 5.75 Å². The maximum Gasteiger partial charge on any atom is 0.255 e. The van der Waals surface area contributed by atoms with Gasteiger partial charge in [-0.3, -0.25) is 9.59 Å². The Morgan fingerprint density at radius 2 is 1.36 bits per heavy atom. The summed E-state index contributed by atoms with van der Waals surface area (Å²) in [6.45, 7) is 4.44. The van der Waals surface area contributed by atoms with E-state index in [1.165, 1.54) is 0 Å². The van der Waals surface area contributed by atoms with Crippen LogP contribution in [0.15, 0.2) is 72.8 Å². The number of rotatable bonds is 6. The van der Waals surface area contributed by atoms with Gasteiger partial charge in [0.1, 0.15) is 5.75 Å². The van der Waals surface area contributed by atoms with E-state index in [1.54, 1.807) is 48.5 Å². The molecule has 0 radical (unpaired) electrons. The summed E-state index contributed by atoms with van der Waals surface area (Å²) in [6.07, 6.45) is 0. The van der Waals surface area contributed by atoms with E-state index in [-0.39, 0.29) is 11.8 Å². The molecule has 0 aliphatic heterocycles. The summed E-state index contributed by atoms with van der Waals surface area (Å²) in [5.74, 6) is 0.298. The third kappa shape index (κ3) is 4.76. The fourth-order valence-electron chi connectivity index (χ4n) is 2.69. The molecule has 0 saturated carbocycles. The molecule has 2 N–H and O–H groups in total. The number of para-hydroxylation sites is 1. The molecule has 142 valence electrons. The predicted octanol–water partition coefficient (Wildman–Crippen LogP) is 4.90. The number of amides is 2. The molecular weight excluding hydrogens is 352 g/mol. The Morgan fingerprint density at radius 1 is 0.786 bits per heavy atom. The summed E-state index contributed by atoms with van der Waals surface area (Å²) < 4.78 is 5.39. The highest BCUT2D eigenvalue weighted by Crippen LogP contribution is 2.18. The van der Waals surface area contributed by atoms with Crippen LogP contribution >= 0.6 is 0 Å². The van der Waals surface area contributed by atoms with E-state index in [4.69, 9.17) is 4.74 Å². The fraction of sp³-hybridized carbons (Fsp3) is 0.130. The van der Waals surface area contributed by atoms with Crippen molar-refractivity contribution >= 4 is 23.2 Å². The maximum absolute atomic E-state index is 12.4.